The first-order valence-electron chi connectivity index (χ1n) is 8.03. The van der Waals surface area contributed by atoms with E-state index in [1.165, 1.54) is 0 Å². The lowest BCUT2D eigenvalue weighted by atomic mass is 9.98. The zero-order valence-corrected chi connectivity index (χ0v) is 15.6. The highest BCUT2D eigenvalue weighted by Gasteiger charge is 2.29. The van der Waals surface area contributed by atoms with Crippen LogP contribution in [-0.2, 0) is 4.79 Å². The van der Waals surface area contributed by atoms with Crippen LogP contribution >= 0.6 is 24.0 Å². The van der Waals surface area contributed by atoms with Crippen molar-refractivity contribution in [1.82, 2.24) is 9.80 Å². The molecule has 1 aliphatic heterocycles. The molecule has 2 amide bonds. The molecule has 0 bridgehead atoms. The molecule has 0 saturated carbocycles. The van der Waals surface area contributed by atoms with Gasteiger partial charge in [-0.1, -0.05) is 31.9 Å². The first kappa shape index (κ1) is 20.7. The zero-order valence-electron chi connectivity index (χ0n) is 14.1. The van der Waals surface area contributed by atoms with Gasteiger partial charge in [0.05, 0.1) is 6.04 Å². The number of hydrogen-bond donors (Lipinski definition) is 1. The van der Waals surface area contributed by atoms with Crippen LogP contribution in [0.3, 0.4) is 0 Å². The minimum absolute atomic E-state index is 0. The van der Waals surface area contributed by atoms with Gasteiger partial charge in [0.2, 0.25) is 5.91 Å². The lowest BCUT2D eigenvalue weighted by molar-refractivity contribution is -0.135. The van der Waals surface area contributed by atoms with E-state index in [4.69, 9.17) is 17.3 Å². The van der Waals surface area contributed by atoms with E-state index in [-0.39, 0.29) is 30.1 Å². The van der Waals surface area contributed by atoms with Crippen LogP contribution in [0.25, 0.3) is 0 Å². The first-order chi connectivity index (χ1) is 10.9. The Morgan fingerprint density at radius 1 is 1.12 bits per heavy atom. The number of benzene rings is 1. The van der Waals surface area contributed by atoms with Crippen LogP contribution in [0.15, 0.2) is 24.3 Å². The van der Waals surface area contributed by atoms with Gasteiger partial charge in [-0.15, -0.1) is 12.4 Å². The average molecular weight is 374 g/mol. The van der Waals surface area contributed by atoms with E-state index in [0.717, 1.165) is 6.42 Å². The molecule has 2 rings (SSSR count). The first-order valence-corrected chi connectivity index (χ1v) is 8.41. The third kappa shape index (κ3) is 4.85. The van der Waals surface area contributed by atoms with Crippen molar-refractivity contribution in [3.8, 4) is 0 Å². The Balaban J connectivity index is 0.00000288. The minimum Gasteiger partial charge on any atom is -0.338 e. The van der Waals surface area contributed by atoms with Gasteiger partial charge >= 0.3 is 0 Å². The van der Waals surface area contributed by atoms with Crippen molar-refractivity contribution in [2.45, 2.75) is 26.3 Å². The molecule has 1 aliphatic rings. The molecule has 5 nitrogen and oxygen atoms in total. The Bertz CT molecular complexity index is 557. The van der Waals surface area contributed by atoms with Crippen LogP contribution < -0.4 is 5.73 Å². The van der Waals surface area contributed by atoms with E-state index in [9.17, 15) is 9.59 Å². The number of rotatable bonds is 4. The maximum absolute atomic E-state index is 12.4. The lowest BCUT2D eigenvalue weighted by Gasteiger charge is -2.36. The van der Waals surface area contributed by atoms with E-state index >= 15 is 0 Å². The second-order valence-corrected chi connectivity index (χ2v) is 6.47. The van der Waals surface area contributed by atoms with Crippen molar-refractivity contribution >= 4 is 35.8 Å². The molecule has 1 saturated heterocycles. The Morgan fingerprint density at radius 2 is 1.62 bits per heavy atom. The van der Waals surface area contributed by atoms with Crippen LogP contribution in [0, 0.1) is 5.92 Å². The topological polar surface area (TPSA) is 66.6 Å². The monoisotopic (exact) mass is 373 g/mol. The molecule has 2 N–H and O–H groups in total. The van der Waals surface area contributed by atoms with Gasteiger partial charge in [0, 0.05) is 36.8 Å². The molecule has 0 radical (unpaired) electrons. The van der Waals surface area contributed by atoms with Gasteiger partial charge in [-0.05, 0) is 30.2 Å². The molecule has 1 fully saturated rings. The molecule has 1 heterocycles. The summed E-state index contributed by atoms with van der Waals surface area (Å²) < 4.78 is 0. The summed E-state index contributed by atoms with van der Waals surface area (Å²) in [6.07, 6.45) is 0.877. The lowest BCUT2D eigenvalue weighted by Crippen LogP contribution is -2.55. The number of nitrogens with two attached hydrogens (primary N) is 1. The molecular weight excluding hydrogens is 349 g/mol. The summed E-state index contributed by atoms with van der Waals surface area (Å²) in [5.74, 6) is 0.120. The molecule has 0 aromatic heterocycles. The molecule has 1 aromatic carbocycles. The predicted molar refractivity (Wildman–Crippen MR) is 98.6 cm³/mol. The summed E-state index contributed by atoms with van der Waals surface area (Å²) >= 11 is 5.84. The fourth-order valence-electron chi connectivity index (χ4n) is 2.61. The minimum atomic E-state index is -0.460. The van der Waals surface area contributed by atoms with E-state index in [1.807, 2.05) is 13.8 Å². The van der Waals surface area contributed by atoms with E-state index in [1.54, 1.807) is 34.1 Å². The van der Waals surface area contributed by atoms with Gasteiger partial charge < -0.3 is 15.5 Å². The van der Waals surface area contributed by atoms with Crippen LogP contribution in [0.1, 0.15) is 30.6 Å². The molecule has 24 heavy (non-hydrogen) atoms. The van der Waals surface area contributed by atoms with Crippen LogP contribution in [0.5, 0.6) is 0 Å². The zero-order chi connectivity index (χ0) is 17.0. The molecule has 134 valence electrons. The second kappa shape index (κ2) is 9.25. The number of piperazine rings is 1. The quantitative estimate of drug-likeness (QED) is 0.880. The van der Waals surface area contributed by atoms with Crippen LogP contribution in [-0.4, -0.2) is 53.8 Å². The number of hydrogen-bond acceptors (Lipinski definition) is 3. The summed E-state index contributed by atoms with van der Waals surface area (Å²) in [4.78, 5) is 28.3. The third-order valence-electron chi connectivity index (χ3n) is 4.51. The highest BCUT2D eigenvalue weighted by molar-refractivity contribution is 6.30. The van der Waals surface area contributed by atoms with E-state index in [2.05, 4.69) is 0 Å². The highest BCUT2D eigenvalue weighted by atomic mass is 35.5. The van der Waals surface area contributed by atoms with Crippen molar-refractivity contribution in [3.05, 3.63) is 34.9 Å². The number of nitrogens with zero attached hydrogens (tertiary/aromatic N) is 2. The normalized spacial score (nSPS) is 17.0. The highest BCUT2D eigenvalue weighted by Crippen LogP contribution is 2.14. The predicted octanol–water partition coefficient (Wildman–Crippen LogP) is 2.42. The number of carbonyl (C=O) groups is 2. The van der Waals surface area contributed by atoms with Crippen LogP contribution in [0.2, 0.25) is 5.02 Å². The summed E-state index contributed by atoms with van der Waals surface area (Å²) in [6, 6.07) is 6.40. The Labute approximate surface area is 154 Å². The van der Waals surface area contributed by atoms with E-state index in [0.29, 0.717) is 36.8 Å². The van der Waals surface area contributed by atoms with Gasteiger partial charge in [0.25, 0.3) is 5.91 Å². The Kier molecular flexibility index (Phi) is 8.00. The fourth-order valence-corrected chi connectivity index (χ4v) is 2.74. The van der Waals surface area contributed by atoms with Crippen molar-refractivity contribution in [3.63, 3.8) is 0 Å². The maximum atomic E-state index is 12.4. The Morgan fingerprint density at radius 3 is 2.12 bits per heavy atom. The summed E-state index contributed by atoms with van der Waals surface area (Å²) in [5, 5.41) is 0.607. The van der Waals surface area contributed by atoms with Crippen LogP contribution in [0.4, 0.5) is 0 Å². The van der Waals surface area contributed by atoms with Crippen molar-refractivity contribution in [1.29, 1.82) is 0 Å². The number of halogens is 2. The molecule has 7 heteroatoms. The van der Waals surface area contributed by atoms with Gasteiger partial charge in [-0.25, -0.2) is 0 Å². The third-order valence-corrected chi connectivity index (χ3v) is 4.76. The average Bonchev–Trinajstić information content (AvgIpc) is 2.60. The largest absolute Gasteiger partial charge is 0.338 e. The molecule has 0 spiro atoms. The molecule has 1 aromatic rings. The summed E-state index contributed by atoms with van der Waals surface area (Å²) in [5.41, 5.74) is 6.63. The van der Waals surface area contributed by atoms with E-state index < -0.39 is 6.04 Å². The second-order valence-electron chi connectivity index (χ2n) is 6.04. The molecular formula is C17H25Cl2N3O2. The number of carbonyl (C=O) groups excluding carboxylic acids is 2. The van der Waals surface area contributed by atoms with Gasteiger partial charge in [-0.2, -0.15) is 0 Å². The Hall–Kier alpha value is -1.30. The van der Waals surface area contributed by atoms with Gasteiger partial charge in [0.15, 0.2) is 0 Å². The molecule has 2 unspecified atom stereocenters. The molecule has 2 atom stereocenters. The molecule has 0 aliphatic carbocycles. The summed E-state index contributed by atoms with van der Waals surface area (Å²) in [6.45, 7) is 6.13. The summed E-state index contributed by atoms with van der Waals surface area (Å²) in [7, 11) is 0. The van der Waals surface area contributed by atoms with Crippen molar-refractivity contribution in [2.75, 3.05) is 26.2 Å². The number of amides is 2. The fraction of sp³-hybridized carbons (Fsp3) is 0.529. The van der Waals surface area contributed by atoms with Crippen molar-refractivity contribution < 1.29 is 9.59 Å². The smallest absolute Gasteiger partial charge is 0.253 e. The standard InChI is InChI=1S/C17H24ClN3O2.ClH/c1-3-12(2)15(19)17(23)21-10-8-20(9-11-21)16(22)13-4-6-14(18)7-5-13;/h4-7,12,15H,3,8-11,19H2,1-2H3;1H. The van der Waals surface area contributed by atoms with Gasteiger partial charge in [-0.3, -0.25) is 9.59 Å². The van der Waals surface area contributed by atoms with Gasteiger partial charge in [0.1, 0.15) is 0 Å². The SMILES string of the molecule is CCC(C)C(N)C(=O)N1CCN(C(=O)c2ccc(Cl)cc2)CC1.Cl. The van der Waals surface area contributed by atoms with Crippen molar-refractivity contribution in [2.24, 2.45) is 11.7 Å². The maximum Gasteiger partial charge on any atom is 0.253 e.